The molecule has 31 heavy (non-hydrogen) atoms. The molecular formula is C24H27N3O3S. The molecule has 0 saturated heterocycles. The second-order valence-corrected chi connectivity index (χ2v) is 7.96. The van der Waals surface area contributed by atoms with Crippen molar-refractivity contribution < 1.29 is 14.3 Å². The molecule has 3 rings (SSSR count). The van der Waals surface area contributed by atoms with Gasteiger partial charge in [0.25, 0.3) is 0 Å². The fourth-order valence-electron chi connectivity index (χ4n) is 3.02. The lowest BCUT2D eigenvalue weighted by atomic mass is 10.1. The molecule has 0 aliphatic rings. The van der Waals surface area contributed by atoms with E-state index in [1.165, 1.54) is 30.2 Å². The second-order valence-electron chi connectivity index (χ2n) is 6.96. The summed E-state index contributed by atoms with van der Waals surface area (Å²) in [4.78, 5) is 12.3. The summed E-state index contributed by atoms with van der Waals surface area (Å²) in [6.07, 6.45) is 3.41. The van der Waals surface area contributed by atoms with Gasteiger partial charge in [0.15, 0.2) is 0 Å². The van der Waals surface area contributed by atoms with E-state index in [1.807, 2.05) is 36.4 Å². The Balaban J connectivity index is 1.55. The number of nitrogens with one attached hydrogen (secondary N) is 1. The summed E-state index contributed by atoms with van der Waals surface area (Å²) in [7, 11) is 3.21. The van der Waals surface area contributed by atoms with Crippen LogP contribution in [-0.2, 0) is 11.2 Å². The lowest BCUT2D eigenvalue weighted by Crippen LogP contribution is -2.14. The number of thioether (sulfide) groups is 1. The van der Waals surface area contributed by atoms with Crippen molar-refractivity contribution in [2.45, 2.75) is 31.2 Å². The average Bonchev–Trinajstić information content (AvgIpc) is 2.82. The molecule has 1 aromatic heterocycles. The van der Waals surface area contributed by atoms with E-state index in [0.717, 1.165) is 17.7 Å². The lowest BCUT2D eigenvalue weighted by Gasteiger charge is -2.10. The monoisotopic (exact) mass is 437 g/mol. The molecule has 2 aromatic carbocycles. The third kappa shape index (κ3) is 6.46. The second kappa shape index (κ2) is 11.4. The van der Waals surface area contributed by atoms with Crippen molar-refractivity contribution in [1.82, 2.24) is 10.2 Å². The van der Waals surface area contributed by atoms with Gasteiger partial charge < -0.3 is 14.8 Å². The van der Waals surface area contributed by atoms with Crippen molar-refractivity contribution in [1.29, 1.82) is 0 Å². The predicted molar refractivity (Wildman–Crippen MR) is 125 cm³/mol. The number of aryl methyl sites for hydroxylation is 1. The number of anilines is 1. The maximum absolute atomic E-state index is 12.3. The van der Waals surface area contributed by atoms with Gasteiger partial charge in [0.1, 0.15) is 16.5 Å². The first kappa shape index (κ1) is 22.6. The van der Waals surface area contributed by atoms with Gasteiger partial charge in [0.2, 0.25) is 5.91 Å². The lowest BCUT2D eigenvalue weighted by molar-refractivity contribution is -0.113. The maximum Gasteiger partial charge on any atom is 0.234 e. The van der Waals surface area contributed by atoms with Crippen LogP contribution in [0.2, 0.25) is 0 Å². The number of hydrogen-bond acceptors (Lipinski definition) is 6. The Kier molecular flexibility index (Phi) is 8.29. The van der Waals surface area contributed by atoms with Gasteiger partial charge in [-0.05, 0) is 54.8 Å². The molecule has 1 heterocycles. The highest BCUT2D eigenvalue weighted by Crippen LogP contribution is 2.32. The van der Waals surface area contributed by atoms with Crippen LogP contribution in [-0.4, -0.2) is 36.1 Å². The summed E-state index contributed by atoms with van der Waals surface area (Å²) < 4.78 is 10.7. The summed E-state index contributed by atoms with van der Waals surface area (Å²) in [5.41, 5.74) is 3.61. The fourth-order valence-corrected chi connectivity index (χ4v) is 3.64. The summed E-state index contributed by atoms with van der Waals surface area (Å²) in [6.45, 7) is 2.18. The Bertz CT molecular complexity index is 992. The van der Waals surface area contributed by atoms with Crippen LogP contribution in [0.3, 0.4) is 0 Å². The molecule has 162 valence electrons. The molecule has 0 atom stereocenters. The molecule has 0 radical (unpaired) electrons. The van der Waals surface area contributed by atoms with Crippen LogP contribution in [0, 0.1) is 0 Å². The molecule has 7 heteroatoms. The van der Waals surface area contributed by atoms with E-state index >= 15 is 0 Å². The van der Waals surface area contributed by atoms with E-state index in [2.05, 4.69) is 34.6 Å². The zero-order chi connectivity index (χ0) is 22.1. The van der Waals surface area contributed by atoms with Crippen LogP contribution < -0.4 is 14.8 Å². The van der Waals surface area contributed by atoms with E-state index in [1.54, 1.807) is 20.3 Å². The van der Waals surface area contributed by atoms with Crippen molar-refractivity contribution >= 4 is 23.4 Å². The zero-order valence-electron chi connectivity index (χ0n) is 18.1. The number of carbonyl (C=O) groups is 1. The van der Waals surface area contributed by atoms with Gasteiger partial charge in [0, 0.05) is 17.3 Å². The van der Waals surface area contributed by atoms with Gasteiger partial charge in [-0.15, -0.1) is 10.2 Å². The first-order chi connectivity index (χ1) is 15.1. The number of methoxy groups -OCH3 is 2. The van der Waals surface area contributed by atoms with Crippen molar-refractivity contribution in [2.75, 3.05) is 25.3 Å². The number of nitrogens with zero attached hydrogens (tertiary/aromatic N) is 2. The van der Waals surface area contributed by atoms with Crippen LogP contribution in [0.1, 0.15) is 25.3 Å². The Morgan fingerprint density at radius 2 is 1.81 bits per heavy atom. The fraction of sp³-hybridized carbons (Fsp3) is 0.292. The minimum Gasteiger partial charge on any atom is -0.497 e. The highest BCUT2D eigenvalue weighted by molar-refractivity contribution is 7.99. The number of amides is 1. The molecule has 3 aromatic rings. The Labute approximate surface area is 187 Å². The summed E-state index contributed by atoms with van der Waals surface area (Å²) in [5.74, 6) is 1.56. The van der Waals surface area contributed by atoms with Crippen LogP contribution in [0.4, 0.5) is 5.69 Å². The smallest absolute Gasteiger partial charge is 0.234 e. The number of hydrogen-bond donors (Lipinski definition) is 1. The summed E-state index contributed by atoms with van der Waals surface area (Å²) in [6, 6.07) is 17.3. The quantitative estimate of drug-likeness (QED) is 0.438. The number of rotatable bonds is 10. The third-order valence-corrected chi connectivity index (χ3v) is 5.65. The Hall–Kier alpha value is -3.06. The van der Waals surface area contributed by atoms with Crippen LogP contribution >= 0.6 is 11.8 Å². The molecule has 0 saturated carbocycles. The van der Waals surface area contributed by atoms with E-state index in [-0.39, 0.29) is 11.7 Å². The highest BCUT2D eigenvalue weighted by Gasteiger charge is 2.11. The van der Waals surface area contributed by atoms with E-state index in [4.69, 9.17) is 9.47 Å². The first-order valence-corrected chi connectivity index (χ1v) is 11.2. The summed E-state index contributed by atoms with van der Waals surface area (Å²) >= 11 is 1.35. The van der Waals surface area contributed by atoms with Crippen molar-refractivity contribution in [3.63, 3.8) is 0 Å². The molecule has 6 nitrogen and oxygen atoms in total. The molecule has 1 N–H and O–H groups in total. The first-order valence-electron chi connectivity index (χ1n) is 10.2. The molecule has 0 aliphatic heterocycles. The Morgan fingerprint density at radius 3 is 2.45 bits per heavy atom. The predicted octanol–water partition coefficient (Wildman–Crippen LogP) is 5.23. The standard InChI is InChI=1S/C24H27N3O3S/c1-4-5-6-17-7-9-18(10-8-17)25-23(28)16-31-24-14-13-21(26-27-24)20-12-11-19(29-2)15-22(20)30-3/h7-15H,4-6,16H2,1-3H3,(H,25,28). The molecule has 0 spiro atoms. The third-order valence-electron chi connectivity index (χ3n) is 4.73. The SMILES string of the molecule is CCCCc1ccc(NC(=O)CSc2ccc(-c3ccc(OC)cc3OC)nn2)cc1. The normalized spacial score (nSPS) is 10.5. The van der Waals surface area contributed by atoms with Gasteiger partial charge in [-0.25, -0.2) is 0 Å². The molecule has 0 fully saturated rings. The van der Waals surface area contributed by atoms with Gasteiger partial charge in [-0.1, -0.05) is 37.2 Å². The summed E-state index contributed by atoms with van der Waals surface area (Å²) in [5, 5.41) is 12.1. The molecule has 0 aliphatic carbocycles. The van der Waals surface area contributed by atoms with E-state index in [9.17, 15) is 4.79 Å². The Morgan fingerprint density at radius 1 is 1.00 bits per heavy atom. The average molecular weight is 438 g/mol. The van der Waals surface area contributed by atoms with Gasteiger partial charge >= 0.3 is 0 Å². The number of carbonyl (C=O) groups excluding carboxylic acids is 1. The van der Waals surface area contributed by atoms with Gasteiger partial charge in [0.05, 0.1) is 25.7 Å². The highest BCUT2D eigenvalue weighted by atomic mass is 32.2. The largest absolute Gasteiger partial charge is 0.497 e. The zero-order valence-corrected chi connectivity index (χ0v) is 18.9. The van der Waals surface area contributed by atoms with E-state index in [0.29, 0.717) is 22.2 Å². The minimum atomic E-state index is -0.0750. The van der Waals surface area contributed by atoms with Gasteiger partial charge in [-0.2, -0.15) is 0 Å². The van der Waals surface area contributed by atoms with Crippen molar-refractivity contribution in [3.8, 4) is 22.8 Å². The van der Waals surface area contributed by atoms with Gasteiger partial charge in [-0.3, -0.25) is 4.79 Å². The number of ether oxygens (including phenoxy) is 2. The topological polar surface area (TPSA) is 73.3 Å². The number of unbranched alkanes of at least 4 members (excludes halogenated alkanes) is 1. The van der Waals surface area contributed by atoms with Crippen LogP contribution in [0.15, 0.2) is 59.6 Å². The van der Waals surface area contributed by atoms with Crippen molar-refractivity contribution in [2.24, 2.45) is 0 Å². The van der Waals surface area contributed by atoms with Crippen LogP contribution in [0.5, 0.6) is 11.5 Å². The molecule has 0 unspecified atom stereocenters. The minimum absolute atomic E-state index is 0.0750. The maximum atomic E-state index is 12.3. The number of benzene rings is 2. The number of aromatic nitrogens is 2. The van der Waals surface area contributed by atoms with E-state index < -0.39 is 0 Å². The molecule has 0 bridgehead atoms. The van der Waals surface area contributed by atoms with Crippen LogP contribution in [0.25, 0.3) is 11.3 Å². The molecular weight excluding hydrogens is 410 g/mol. The molecule has 1 amide bonds. The van der Waals surface area contributed by atoms with Crippen molar-refractivity contribution in [3.05, 3.63) is 60.2 Å².